The van der Waals surface area contributed by atoms with Gasteiger partial charge in [0, 0.05) is 19.4 Å². The summed E-state index contributed by atoms with van der Waals surface area (Å²) in [6, 6.07) is 1.80. The summed E-state index contributed by atoms with van der Waals surface area (Å²) in [6.07, 6.45) is 1.84. The average Bonchev–Trinajstić information content (AvgIpc) is 2.48. The minimum absolute atomic E-state index is 0. The molecular formula is C6H14Cl2N4O. The first-order chi connectivity index (χ1) is 5.36. The number of anilines is 1. The van der Waals surface area contributed by atoms with Gasteiger partial charge in [-0.15, -0.1) is 24.8 Å². The van der Waals surface area contributed by atoms with Crippen LogP contribution in [0.15, 0.2) is 12.3 Å². The molecule has 78 valence electrons. The number of ether oxygens (including phenoxy) is 1. The van der Waals surface area contributed by atoms with E-state index in [1.807, 2.05) is 6.20 Å². The van der Waals surface area contributed by atoms with Gasteiger partial charge in [0.2, 0.25) is 0 Å². The normalized spacial score (nSPS) is 8.46. The van der Waals surface area contributed by atoms with Crippen molar-refractivity contribution in [1.82, 2.24) is 9.78 Å². The van der Waals surface area contributed by atoms with Gasteiger partial charge < -0.3 is 10.2 Å². The molecule has 0 saturated heterocycles. The zero-order valence-electron chi connectivity index (χ0n) is 7.27. The van der Waals surface area contributed by atoms with E-state index in [0.717, 1.165) is 6.54 Å². The van der Waals surface area contributed by atoms with E-state index < -0.39 is 0 Å². The molecule has 0 bridgehead atoms. The molecule has 3 N–H and O–H groups in total. The van der Waals surface area contributed by atoms with E-state index in [4.69, 9.17) is 10.6 Å². The molecular weight excluding hydrogens is 215 g/mol. The van der Waals surface area contributed by atoms with Crippen molar-refractivity contribution in [3.05, 3.63) is 12.3 Å². The van der Waals surface area contributed by atoms with E-state index in [1.54, 1.807) is 17.9 Å². The Balaban J connectivity index is 0. The molecule has 0 radical (unpaired) electrons. The fourth-order valence-corrected chi connectivity index (χ4v) is 0.748. The van der Waals surface area contributed by atoms with Gasteiger partial charge in [0.25, 0.3) is 0 Å². The van der Waals surface area contributed by atoms with Gasteiger partial charge in [-0.1, -0.05) is 0 Å². The molecule has 1 heterocycles. The summed E-state index contributed by atoms with van der Waals surface area (Å²) in [5.74, 6) is 5.80. The molecule has 1 aromatic heterocycles. The van der Waals surface area contributed by atoms with Gasteiger partial charge in [-0.2, -0.15) is 5.10 Å². The Morgan fingerprint density at radius 2 is 2.31 bits per heavy atom. The van der Waals surface area contributed by atoms with Crippen molar-refractivity contribution >= 4 is 30.6 Å². The molecule has 0 saturated carbocycles. The van der Waals surface area contributed by atoms with Crippen LogP contribution in [0, 0.1) is 0 Å². The maximum atomic E-state index is 5.13. The topological polar surface area (TPSA) is 65.1 Å². The standard InChI is InChI=1S/C6H12N4O.2ClH/c1-11-5-4-10-3-2-6(8-7)9-10;;/h2-3H,4-5,7H2,1H3,(H,8,9);2*1H. The molecule has 0 unspecified atom stereocenters. The summed E-state index contributed by atoms with van der Waals surface area (Å²) < 4.78 is 6.64. The highest BCUT2D eigenvalue weighted by Crippen LogP contribution is 1.98. The summed E-state index contributed by atoms with van der Waals surface area (Å²) >= 11 is 0. The van der Waals surface area contributed by atoms with Crippen LogP contribution in [0.1, 0.15) is 0 Å². The summed E-state index contributed by atoms with van der Waals surface area (Å²) in [5, 5.41) is 4.07. The summed E-state index contributed by atoms with van der Waals surface area (Å²) in [4.78, 5) is 0. The average molecular weight is 229 g/mol. The molecule has 1 rings (SSSR count). The van der Waals surface area contributed by atoms with E-state index in [0.29, 0.717) is 12.4 Å². The van der Waals surface area contributed by atoms with Gasteiger partial charge in [0.15, 0.2) is 5.82 Å². The van der Waals surface area contributed by atoms with Crippen LogP contribution in [0.4, 0.5) is 5.82 Å². The third kappa shape index (κ3) is 4.94. The van der Waals surface area contributed by atoms with Crippen molar-refractivity contribution in [1.29, 1.82) is 0 Å². The second-order valence-electron chi connectivity index (χ2n) is 2.10. The van der Waals surface area contributed by atoms with Gasteiger partial charge in [0.1, 0.15) is 0 Å². The third-order valence-electron chi connectivity index (χ3n) is 1.31. The first-order valence-corrected chi connectivity index (χ1v) is 3.36. The molecule has 0 aliphatic rings. The van der Waals surface area contributed by atoms with Crippen molar-refractivity contribution in [3.8, 4) is 0 Å². The first-order valence-electron chi connectivity index (χ1n) is 3.36. The van der Waals surface area contributed by atoms with E-state index in [9.17, 15) is 0 Å². The van der Waals surface area contributed by atoms with E-state index >= 15 is 0 Å². The summed E-state index contributed by atoms with van der Waals surface area (Å²) in [5.41, 5.74) is 2.45. The highest BCUT2D eigenvalue weighted by Gasteiger charge is 1.94. The highest BCUT2D eigenvalue weighted by molar-refractivity contribution is 5.85. The van der Waals surface area contributed by atoms with Gasteiger partial charge in [-0.3, -0.25) is 4.68 Å². The number of nitrogens with one attached hydrogen (secondary N) is 1. The number of methoxy groups -OCH3 is 1. The third-order valence-corrected chi connectivity index (χ3v) is 1.31. The molecule has 0 atom stereocenters. The van der Waals surface area contributed by atoms with Crippen molar-refractivity contribution in [2.24, 2.45) is 5.84 Å². The number of halogens is 2. The quantitative estimate of drug-likeness (QED) is 0.588. The SMILES string of the molecule is COCCn1ccc(NN)n1.Cl.Cl. The fraction of sp³-hybridized carbons (Fsp3) is 0.500. The lowest BCUT2D eigenvalue weighted by atomic mass is 10.6. The maximum Gasteiger partial charge on any atom is 0.161 e. The number of nitrogen functional groups attached to an aromatic ring is 1. The molecule has 0 aliphatic carbocycles. The van der Waals surface area contributed by atoms with Crippen LogP contribution in [0.2, 0.25) is 0 Å². The molecule has 5 nitrogen and oxygen atoms in total. The van der Waals surface area contributed by atoms with Gasteiger partial charge >= 0.3 is 0 Å². The number of hydrogen-bond acceptors (Lipinski definition) is 4. The van der Waals surface area contributed by atoms with Gasteiger partial charge in [-0.25, -0.2) is 5.84 Å². The molecule has 0 aliphatic heterocycles. The maximum absolute atomic E-state index is 5.13. The van der Waals surface area contributed by atoms with Gasteiger partial charge in [-0.05, 0) is 0 Å². The molecule has 13 heavy (non-hydrogen) atoms. The van der Waals surface area contributed by atoms with E-state index in [-0.39, 0.29) is 24.8 Å². The summed E-state index contributed by atoms with van der Waals surface area (Å²) in [6.45, 7) is 1.41. The smallest absolute Gasteiger partial charge is 0.161 e. The van der Waals surface area contributed by atoms with Crippen LogP contribution >= 0.6 is 24.8 Å². The minimum atomic E-state index is 0. The van der Waals surface area contributed by atoms with E-state index in [2.05, 4.69) is 10.5 Å². The number of hydrazine groups is 1. The van der Waals surface area contributed by atoms with Crippen molar-refractivity contribution in [3.63, 3.8) is 0 Å². The highest BCUT2D eigenvalue weighted by atomic mass is 35.5. The van der Waals surface area contributed by atoms with Crippen molar-refractivity contribution in [2.75, 3.05) is 19.1 Å². The lowest BCUT2D eigenvalue weighted by Crippen LogP contribution is -2.09. The minimum Gasteiger partial charge on any atom is -0.383 e. The molecule has 0 amide bonds. The monoisotopic (exact) mass is 228 g/mol. The fourth-order valence-electron chi connectivity index (χ4n) is 0.748. The van der Waals surface area contributed by atoms with Crippen molar-refractivity contribution in [2.45, 2.75) is 6.54 Å². The molecule has 7 heteroatoms. The predicted octanol–water partition coefficient (Wildman–Crippen LogP) is 0.659. The Morgan fingerprint density at radius 1 is 1.62 bits per heavy atom. The Hall–Kier alpha value is -0.490. The Bertz CT molecular complexity index is 218. The lowest BCUT2D eigenvalue weighted by Gasteiger charge is -1.98. The Morgan fingerprint density at radius 3 is 2.77 bits per heavy atom. The second-order valence-corrected chi connectivity index (χ2v) is 2.10. The number of aromatic nitrogens is 2. The van der Waals surface area contributed by atoms with Crippen LogP contribution in [0.25, 0.3) is 0 Å². The largest absolute Gasteiger partial charge is 0.383 e. The predicted molar refractivity (Wildman–Crippen MR) is 56.4 cm³/mol. The van der Waals surface area contributed by atoms with E-state index in [1.165, 1.54) is 0 Å². The van der Waals surface area contributed by atoms with Crippen LogP contribution in [-0.2, 0) is 11.3 Å². The van der Waals surface area contributed by atoms with Crippen LogP contribution in [-0.4, -0.2) is 23.5 Å². The zero-order valence-corrected chi connectivity index (χ0v) is 8.90. The van der Waals surface area contributed by atoms with Crippen LogP contribution in [0.3, 0.4) is 0 Å². The molecule has 0 spiro atoms. The number of rotatable bonds is 4. The Labute approximate surface area is 89.4 Å². The van der Waals surface area contributed by atoms with Crippen molar-refractivity contribution < 1.29 is 4.74 Å². The number of nitrogens with two attached hydrogens (primary N) is 1. The lowest BCUT2D eigenvalue weighted by molar-refractivity contribution is 0.183. The molecule has 1 aromatic rings. The molecule has 0 aromatic carbocycles. The summed E-state index contributed by atoms with van der Waals surface area (Å²) in [7, 11) is 1.66. The number of nitrogens with zero attached hydrogens (tertiary/aromatic N) is 2. The zero-order chi connectivity index (χ0) is 8.10. The Kier molecular flexibility index (Phi) is 9.38. The molecule has 0 fully saturated rings. The van der Waals surface area contributed by atoms with Gasteiger partial charge in [0.05, 0.1) is 13.2 Å². The first kappa shape index (κ1) is 15.0. The van der Waals surface area contributed by atoms with Crippen LogP contribution in [0.5, 0.6) is 0 Å². The second kappa shape index (κ2) is 8.12. The van der Waals surface area contributed by atoms with Crippen LogP contribution < -0.4 is 11.3 Å². The number of hydrogen-bond donors (Lipinski definition) is 2.